The maximum atomic E-state index is 11.9. The number of ether oxygens (including phenoxy) is 1. The molecule has 0 aliphatic carbocycles. The third kappa shape index (κ3) is 5.17. The molecular weight excluding hydrogens is 324 g/mol. The van der Waals surface area contributed by atoms with Crippen LogP contribution >= 0.6 is 11.6 Å². The van der Waals surface area contributed by atoms with Crippen molar-refractivity contribution in [1.29, 1.82) is 0 Å². The normalized spacial score (nSPS) is 10.3. The Morgan fingerprint density at radius 1 is 1.17 bits per heavy atom. The van der Waals surface area contributed by atoms with Crippen molar-refractivity contribution in [3.05, 3.63) is 58.6 Å². The number of rotatable bonds is 7. The summed E-state index contributed by atoms with van der Waals surface area (Å²) in [6, 6.07) is 13.7. The van der Waals surface area contributed by atoms with E-state index in [1.165, 1.54) is 0 Å². The summed E-state index contributed by atoms with van der Waals surface area (Å²) < 4.78 is 5.54. The summed E-state index contributed by atoms with van der Waals surface area (Å²) in [4.78, 5) is 14.0. The Kier molecular flexibility index (Phi) is 6.50. The zero-order valence-electron chi connectivity index (χ0n) is 14.3. The number of benzene rings is 2. The number of carbonyl (C=O) groups is 1. The number of nitrogens with zero attached hydrogens (tertiary/aromatic N) is 1. The average Bonchev–Trinajstić information content (AvgIpc) is 2.58. The topological polar surface area (TPSA) is 41.6 Å². The molecule has 128 valence electrons. The van der Waals surface area contributed by atoms with E-state index in [9.17, 15) is 4.79 Å². The summed E-state index contributed by atoms with van der Waals surface area (Å²) in [6.07, 6.45) is 0. The third-order valence-electron chi connectivity index (χ3n) is 3.75. The number of para-hydroxylation sites is 1. The number of carbonyl (C=O) groups excluding carboxylic acids is 1. The van der Waals surface area contributed by atoms with E-state index in [1.54, 1.807) is 0 Å². The molecule has 1 amide bonds. The van der Waals surface area contributed by atoms with Crippen LogP contribution in [-0.2, 0) is 4.79 Å². The van der Waals surface area contributed by atoms with Crippen LogP contribution in [0.4, 0.5) is 5.69 Å². The van der Waals surface area contributed by atoms with Crippen molar-refractivity contribution >= 4 is 23.2 Å². The van der Waals surface area contributed by atoms with E-state index < -0.39 is 0 Å². The van der Waals surface area contributed by atoms with E-state index in [0.717, 1.165) is 28.4 Å². The van der Waals surface area contributed by atoms with E-state index in [2.05, 4.69) is 10.2 Å². The lowest BCUT2D eigenvalue weighted by atomic mass is 10.1. The number of hydrogen-bond donors (Lipinski definition) is 1. The monoisotopic (exact) mass is 346 g/mol. The first-order valence-electron chi connectivity index (χ1n) is 7.90. The van der Waals surface area contributed by atoms with E-state index in [0.29, 0.717) is 12.3 Å². The van der Waals surface area contributed by atoms with Crippen LogP contribution in [0.1, 0.15) is 11.1 Å². The van der Waals surface area contributed by atoms with Gasteiger partial charge in [-0.1, -0.05) is 29.8 Å². The van der Waals surface area contributed by atoms with Gasteiger partial charge in [-0.3, -0.25) is 4.79 Å². The van der Waals surface area contributed by atoms with E-state index >= 15 is 0 Å². The summed E-state index contributed by atoms with van der Waals surface area (Å²) in [5.41, 5.74) is 3.00. The number of anilines is 1. The fourth-order valence-electron chi connectivity index (χ4n) is 2.36. The summed E-state index contributed by atoms with van der Waals surface area (Å²) in [5.74, 6) is 0.521. The number of hydrogen-bond acceptors (Lipinski definition) is 3. The van der Waals surface area contributed by atoms with Gasteiger partial charge in [0.25, 0.3) is 5.91 Å². The van der Waals surface area contributed by atoms with E-state index in [1.807, 2.05) is 63.4 Å². The lowest BCUT2D eigenvalue weighted by Crippen LogP contribution is -2.35. The van der Waals surface area contributed by atoms with Gasteiger partial charge in [0.2, 0.25) is 0 Å². The lowest BCUT2D eigenvalue weighted by molar-refractivity contribution is -0.123. The highest BCUT2D eigenvalue weighted by atomic mass is 35.5. The molecule has 0 bridgehead atoms. The van der Waals surface area contributed by atoms with Crippen molar-refractivity contribution in [2.24, 2.45) is 0 Å². The second-order valence-corrected chi connectivity index (χ2v) is 6.14. The molecule has 0 heterocycles. The molecule has 24 heavy (non-hydrogen) atoms. The largest absolute Gasteiger partial charge is 0.484 e. The van der Waals surface area contributed by atoms with Gasteiger partial charge in [-0.05, 0) is 49.2 Å². The Morgan fingerprint density at radius 3 is 2.42 bits per heavy atom. The zero-order valence-corrected chi connectivity index (χ0v) is 15.1. The van der Waals surface area contributed by atoms with Gasteiger partial charge in [0.05, 0.1) is 0 Å². The Hall–Kier alpha value is -2.20. The second kappa shape index (κ2) is 8.60. The number of halogens is 1. The minimum Gasteiger partial charge on any atom is -0.484 e. The van der Waals surface area contributed by atoms with Gasteiger partial charge in [0.15, 0.2) is 6.61 Å². The molecule has 0 aliphatic rings. The summed E-state index contributed by atoms with van der Waals surface area (Å²) in [5, 5.41) is 3.59. The number of amides is 1. The molecule has 0 aromatic heterocycles. The predicted molar refractivity (Wildman–Crippen MR) is 99.1 cm³/mol. The van der Waals surface area contributed by atoms with Gasteiger partial charge in [-0.25, -0.2) is 0 Å². The standard InChI is InChI=1S/C19H23ClN2O2/c1-14-11-17(12-15(2)19(14)20)24-13-18(23)21-9-10-22(3)16-7-5-4-6-8-16/h4-8,11-12H,9-10,13H2,1-3H3,(H,21,23). The minimum absolute atomic E-state index is 0.00440. The van der Waals surface area contributed by atoms with Crippen molar-refractivity contribution < 1.29 is 9.53 Å². The third-order valence-corrected chi connectivity index (χ3v) is 4.34. The smallest absolute Gasteiger partial charge is 0.258 e. The first kappa shape index (κ1) is 18.1. The highest BCUT2D eigenvalue weighted by Crippen LogP contribution is 2.25. The van der Waals surface area contributed by atoms with Crippen LogP contribution in [0.15, 0.2) is 42.5 Å². The maximum absolute atomic E-state index is 11.9. The Balaban J connectivity index is 1.74. The van der Waals surface area contributed by atoms with Crippen LogP contribution < -0.4 is 15.0 Å². The van der Waals surface area contributed by atoms with Crippen LogP contribution in [0.25, 0.3) is 0 Å². The van der Waals surface area contributed by atoms with Crippen molar-refractivity contribution in [1.82, 2.24) is 5.32 Å². The maximum Gasteiger partial charge on any atom is 0.258 e. The summed E-state index contributed by atoms with van der Waals surface area (Å²) in [6.45, 7) is 5.13. The molecule has 1 N–H and O–H groups in total. The zero-order chi connectivity index (χ0) is 17.5. The molecule has 4 nitrogen and oxygen atoms in total. The van der Waals surface area contributed by atoms with Crippen LogP contribution in [0, 0.1) is 13.8 Å². The van der Waals surface area contributed by atoms with Crippen molar-refractivity contribution in [2.75, 3.05) is 31.6 Å². The number of nitrogens with one attached hydrogen (secondary N) is 1. The molecular formula is C19H23ClN2O2. The SMILES string of the molecule is Cc1cc(OCC(=O)NCCN(C)c2ccccc2)cc(C)c1Cl. The molecule has 0 aliphatic heterocycles. The Morgan fingerprint density at radius 2 is 1.79 bits per heavy atom. The molecule has 0 saturated carbocycles. The van der Waals surface area contributed by atoms with Gasteiger partial charge in [0, 0.05) is 30.8 Å². The predicted octanol–water partition coefficient (Wildman–Crippen LogP) is 3.59. The Labute approximate surface area is 148 Å². The molecule has 0 radical (unpaired) electrons. The molecule has 0 spiro atoms. The van der Waals surface area contributed by atoms with Gasteiger partial charge in [-0.2, -0.15) is 0 Å². The first-order valence-corrected chi connectivity index (χ1v) is 8.27. The van der Waals surface area contributed by atoms with Gasteiger partial charge < -0.3 is 15.0 Å². The summed E-state index contributed by atoms with van der Waals surface area (Å²) >= 11 is 6.12. The molecule has 0 atom stereocenters. The number of likely N-dealkylation sites (N-methyl/N-ethyl adjacent to an activating group) is 1. The van der Waals surface area contributed by atoms with E-state index in [-0.39, 0.29) is 12.5 Å². The van der Waals surface area contributed by atoms with Crippen LogP contribution in [0.5, 0.6) is 5.75 Å². The van der Waals surface area contributed by atoms with Gasteiger partial charge in [-0.15, -0.1) is 0 Å². The van der Waals surface area contributed by atoms with Crippen LogP contribution in [0.3, 0.4) is 0 Å². The number of aryl methyl sites for hydroxylation is 2. The highest BCUT2D eigenvalue weighted by molar-refractivity contribution is 6.32. The molecule has 2 rings (SSSR count). The summed E-state index contributed by atoms with van der Waals surface area (Å²) in [7, 11) is 2.00. The molecule has 5 heteroatoms. The molecule has 0 saturated heterocycles. The average molecular weight is 347 g/mol. The van der Waals surface area contributed by atoms with Gasteiger partial charge in [0.1, 0.15) is 5.75 Å². The van der Waals surface area contributed by atoms with E-state index in [4.69, 9.17) is 16.3 Å². The molecule has 2 aromatic carbocycles. The van der Waals surface area contributed by atoms with Crippen molar-refractivity contribution in [3.63, 3.8) is 0 Å². The molecule has 0 fully saturated rings. The van der Waals surface area contributed by atoms with Crippen LogP contribution in [0.2, 0.25) is 5.02 Å². The second-order valence-electron chi connectivity index (χ2n) is 5.77. The van der Waals surface area contributed by atoms with Crippen molar-refractivity contribution in [2.45, 2.75) is 13.8 Å². The quantitative estimate of drug-likeness (QED) is 0.833. The molecule has 0 unspecified atom stereocenters. The minimum atomic E-state index is -0.137. The lowest BCUT2D eigenvalue weighted by Gasteiger charge is -2.19. The fourth-order valence-corrected chi connectivity index (χ4v) is 2.47. The molecule has 2 aromatic rings. The van der Waals surface area contributed by atoms with Crippen molar-refractivity contribution in [3.8, 4) is 5.75 Å². The highest BCUT2D eigenvalue weighted by Gasteiger charge is 2.07. The Bertz CT molecular complexity index is 666. The van der Waals surface area contributed by atoms with Gasteiger partial charge >= 0.3 is 0 Å². The van der Waals surface area contributed by atoms with Crippen LogP contribution in [-0.4, -0.2) is 32.7 Å². The first-order chi connectivity index (χ1) is 11.5. The fraction of sp³-hybridized carbons (Fsp3) is 0.316.